The van der Waals surface area contributed by atoms with Crippen molar-refractivity contribution in [1.29, 1.82) is 0 Å². The van der Waals surface area contributed by atoms with E-state index in [4.69, 9.17) is 0 Å². The van der Waals surface area contributed by atoms with Crippen LogP contribution in [-0.2, 0) is 0 Å². The Balaban J connectivity index is 2.91. The van der Waals surface area contributed by atoms with E-state index in [0.29, 0.717) is 0 Å². The molecule has 11 heavy (non-hydrogen) atoms. The molecule has 0 aliphatic carbocycles. The minimum absolute atomic E-state index is 0.260. The van der Waals surface area contributed by atoms with Gasteiger partial charge in [0.05, 0.1) is 7.11 Å². The van der Waals surface area contributed by atoms with Gasteiger partial charge in [0.25, 0.3) is 5.88 Å². The van der Waals surface area contributed by atoms with Crippen LogP contribution in [0.1, 0.15) is 0 Å². The van der Waals surface area contributed by atoms with Crippen LogP contribution in [0.25, 0.3) is 0 Å². The summed E-state index contributed by atoms with van der Waals surface area (Å²) in [5.41, 5.74) is 0. The Morgan fingerprint density at radius 1 is 1.55 bits per heavy atom. The molecule has 0 saturated heterocycles. The number of rotatable bonds is 2. The number of methoxy groups -OCH3 is 1. The van der Waals surface area contributed by atoms with Gasteiger partial charge in [0, 0.05) is 0 Å². The zero-order chi connectivity index (χ0) is 8.27. The Hall–Kier alpha value is -1.72. The molecule has 0 unspecified atom stereocenters. The highest BCUT2D eigenvalue weighted by atomic mass is 16.6. The van der Waals surface area contributed by atoms with Crippen molar-refractivity contribution in [3.8, 4) is 5.88 Å². The van der Waals surface area contributed by atoms with Crippen molar-refractivity contribution in [2.24, 2.45) is 0 Å². The Kier molecular flexibility index (Phi) is 1.95. The lowest BCUT2D eigenvalue weighted by atomic mass is 10.7. The molecule has 0 saturated carbocycles. The highest BCUT2D eigenvalue weighted by molar-refractivity contribution is 5.16. The predicted molar refractivity (Wildman–Crippen MR) is 35.2 cm³/mol. The van der Waals surface area contributed by atoms with Gasteiger partial charge in [-0.1, -0.05) is 0 Å². The molecular weight excluding hydrogens is 150 g/mol. The predicted octanol–water partition coefficient (Wildman–Crippen LogP) is 0.393. The molecule has 6 nitrogen and oxygen atoms in total. The molecule has 0 atom stereocenters. The van der Waals surface area contributed by atoms with Gasteiger partial charge in [-0.2, -0.15) is 0 Å². The van der Waals surface area contributed by atoms with Crippen LogP contribution < -0.4 is 4.74 Å². The summed E-state index contributed by atoms with van der Waals surface area (Å²) in [4.78, 5) is 16.5. The van der Waals surface area contributed by atoms with Gasteiger partial charge in [-0.05, 0) is 9.91 Å². The second kappa shape index (κ2) is 2.91. The fraction of sp³-hybridized carbons (Fsp3) is 0.200. The topological polar surface area (TPSA) is 78.2 Å². The smallest absolute Gasteiger partial charge is 0.382 e. The van der Waals surface area contributed by atoms with E-state index in [1.54, 1.807) is 0 Å². The molecule has 0 aliphatic heterocycles. The van der Waals surface area contributed by atoms with Gasteiger partial charge in [0.2, 0.25) is 6.20 Å². The van der Waals surface area contributed by atoms with Crippen LogP contribution in [0.15, 0.2) is 12.4 Å². The first-order valence-electron chi connectivity index (χ1n) is 2.74. The van der Waals surface area contributed by atoms with Crippen LogP contribution in [0, 0.1) is 10.1 Å². The van der Waals surface area contributed by atoms with Crippen LogP contribution in [0.3, 0.4) is 0 Å². The summed E-state index contributed by atoms with van der Waals surface area (Å²) >= 11 is 0. The molecule has 1 aromatic rings. The summed E-state index contributed by atoms with van der Waals surface area (Å²) in [6.07, 6.45) is 2.23. The Morgan fingerprint density at radius 3 is 2.64 bits per heavy atom. The van der Waals surface area contributed by atoms with Gasteiger partial charge in [0.1, 0.15) is 6.20 Å². The third-order valence-corrected chi connectivity index (χ3v) is 1.01. The number of hydrogen-bond donors (Lipinski definition) is 0. The van der Waals surface area contributed by atoms with Crippen LogP contribution in [0.2, 0.25) is 0 Å². The van der Waals surface area contributed by atoms with Crippen molar-refractivity contribution in [2.45, 2.75) is 0 Å². The Morgan fingerprint density at radius 2 is 2.27 bits per heavy atom. The highest BCUT2D eigenvalue weighted by Gasteiger charge is 2.06. The summed E-state index contributed by atoms with van der Waals surface area (Å²) in [5.74, 6) is -0.0265. The molecule has 1 rings (SSSR count). The molecule has 58 valence electrons. The van der Waals surface area contributed by atoms with Crippen LogP contribution in [0.4, 0.5) is 5.82 Å². The minimum Gasteiger partial charge on any atom is -0.478 e. The zero-order valence-corrected chi connectivity index (χ0v) is 5.72. The molecule has 6 heteroatoms. The minimum atomic E-state index is -0.619. The molecule has 0 radical (unpaired) electrons. The zero-order valence-electron chi connectivity index (χ0n) is 5.72. The number of ether oxygens (including phenoxy) is 1. The Labute approximate surface area is 62.0 Å². The second-order valence-electron chi connectivity index (χ2n) is 1.67. The molecule has 0 bridgehead atoms. The summed E-state index contributed by atoms with van der Waals surface area (Å²) < 4.78 is 4.65. The van der Waals surface area contributed by atoms with Gasteiger partial charge >= 0.3 is 5.82 Å². The summed E-state index contributed by atoms with van der Waals surface area (Å²) in [6.45, 7) is 0. The molecule has 0 N–H and O–H groups in total. The van der Waals surface area contributed by atoms with E-state index < -0.39 is 4.92 Å². The molecule has 1 heterocycles. The third-order valence-electron chi connectivity index (χ3n) is 1.01. The molecule has 0 aliphatic rings. The lowest BCUT2D eigenvalue weighted by Gasteiger charge is -1.93. The lowest BCUT2D eigenvalue weighted by molar-refractivity contribution is -0.389. The first-order chi connectivity index (χ1) is 5.24. The average molecular weight is 155 g/mol. The first-order valence-corrected chi connectivity index (χ1v) is 2.74. The summed E-state index contributed by atoms with van der Waals surface area (Å²) in [6, 6.07) is 0. The van der Waals surface area contributed by atoms with Crippen molar-refractivity contribution in [3.63, 3.8) is 0 Å². The van der Waals surface area contributed by atoms with Crippen molar-refractivity contribution in [2.75, 3.05) is 7.11 Å². The lowest BCUT2D eigenvalue weighted by Crippen LogP contribution is -1.94. The highest BCUT2D eigenvalue weighted by Crippen LogP contribution is 2.07. The molecule has 0 amide bonds. The van der Waals surface area contributed by atoms with Crippen LogP contribution in [0.5, 0.6) is 5.88 Å². The fourth-order valence-electron chi connectivity index (χ4n) is 0.509. The van der Waals surface area contributed by atoms with E-state index in [1.807, 2.05) is 0 Å². The molecule has 1 aromatic heterocycles. The maximum absolute atomic E-state index is 10.1. The molecule has 0 aromatic carbocycles. The molecule has 0 fully saturated rings. The van der Waals surface area contributed by atoms with Gasteiger partial charge in [-0.15, -0.1) is 0 Å². The van der Waals surface area contributed by atoms with Crippen molar-refractivity contribution < 1.29 is 9.66 Å². The normalized spacial score (nSPS) is 9.18. The van der Waals surface area contributed by atoms with Crippen molar-refractivity contribution in [3.05, 3.63) is 22.5 Å². The van der Waals surface area contributed by atoms with E-state index in [9.17, 15) is 10.1 Å². The third kappa shape index (κ3) is 1.60. The Bertz CT molecular complexity index is 258. The SMILES string of the molecule is COc1cnc([N+](=O)[O-])cn1. The number of hydrogen-bond acceptors (Lipinski definition) is 5. The van der Waals surface area contributed by atoms with Crippen molar-refractivity contribution >= 4 is 5.82 Å². The summed E-state index contributed by atoms with van der Waals surface area (Å²) in [5, 5.41) is 10.1. The molecule has 0 spiro atoms. The maximum Gasteiger partial charge on any atom is 0.382 e. The standard InChI is InChI=1S/C5H5N3O3/c1-11-5-3-6-4(2-7-5)8(9)10/h2-3H,1H3. The van der Waals surface area contributed by atoms with E-state index in [1.165, 1.54) is 13.3 Å². The van der Waals surface area contributed by atoms with E-state index in [0.717, 1.165) is 6.20 Å². The number of nitro groups is 1. The quantitative estimate of drug-likeness (QED) is 0.456. The first kappa shape index (κ1) is 7.39. The average Bonchev–Trinajstić information content (AvgIpc) is 2.05. The fourth-order valence-corrected chi connectivity index (χ4v) is 0.509. The number of nitrogens with zero attached hydrogens (tertiary/aromatic N) is 3. The van der Waals surface area contributed by atoms with E-state index in [2.05, 4.69) is 14.7 Å². The maximum atomic E-state index is 10.1. The van der Waals surface area contributed by atoms with Gasteiger partial charge in [-0.3, -0.25) is 0 Å². The molecular formula is C5H5N3O3. The van der Waals surface area contributed by atoms with Gasteiger partial charge < -0.3 is 14.9 Å². The van der Waals surface area contributed by atoms with Crippen molar-refractivity contribution in [1.82, 2.24) is 9.97 Å². The van der Waals surface area contributed by atoms with Crippen LogP contribution >= 0.6 is 0 Å². The van der Waals surface area contributed by atoms with Gasteiger partial charge in [-0.25, -0.2) is 4.98 Å². The van der Waals surface area contributed by atoms with E-state index in [-0.39, 0.29) is 11.7 Å². The summed E-state index contributed by atoms with van der Waals surface area (Å²) in [7, 11) is 1.41. The van der Waals surface area contributed by atoms with Gasteiger partial charge in [0.15, 0.2) is 0 Å². The second-order valence-corrected chi connectivity index (χ2v) is 1.67. The monoisotopic (exact) mass is 155 g/mol. The van der Waals surface area contributed by atoms with Crippen LogP contribution in [-0.4, -0.2) is 22.0 Å². The van der Waals surface area contributed by atoms with E-state index >= 15 is 0 Å². The largest absolute Gasteiger partial charge is 0.478 e. The number of aromatic nitrogens is 2.